The molecule has 9 nitrogen and oxygen atoms in total. The van der Waals surface area contributed by atoms with Gasteiger partial charge in [-0.15, -0.1) is 0 Å². The molecule has 37 heavy (non-hydrogen) atoms. The van der Waals surface area contributed by atoms with Gasteiger partial charge < -0.3 is 19.9 Å². The maximum Gasteiger partial charge on any atom is 0.229 e. The molecule has 2 N–H and O–H groups in total. The van der Waals surface area contributed by atoms with E-state index in [1.54, 1.807) is 12.3 Å². The number of hydrogen-bond donors (Lipinski definition) is 2. The molecule has 0 atom stereocenters. The first kappa shape index (κ1) is 25.0. The number of β-amino-alcohol motifs (C(OH)–C–C–N with tert-alkyl or cyclic N) is 1. The minimum absolute atomic E-state index is 0.00942. The summed E-state index contributed by atoms with van der Waals surface area (Å²) in [7, 11) is 0. The fraction of sp³-hybridized carbons (Fsp3) is 0.385. The summed E-state index contributed by atoms with van der Waals surface area (Å²) < 4.78 is 31.6. The molecule has 0 amide bonds. The fourth-order valence-corrected chi connectivity index (χ4v) is 4.82. The van der Waals surface area contributed by atoms with Crippen molar-refractivity contribution in [2.24, 2.45) is 0 Å². The van der Waals surface area contributed by atoms with Crippen molar-refractivity contribution in [1.29, 1.82) is 0 Å². The van der Waals surface area contributed by atoms with Gasteiger partial charge in [0, 0.05) is 44.3 Å². The maximum atomic E-state index is 14.9. The zero-order valence-electron chi connectivity index (χ0n) is 21.1. The summed E-state index contributed by atoms with van der Waals surface area (Å²) in [5.41, 5.74) is 2.13. The summed E-state index contributed by atoms with van der Waals surface area (Å²) in [6, 6.07) is 6.80. The Labute approximate surface area is 213 Å². The van der Waals surface area contributed by atoms with Crippen molar-refractivity contribution < 1.29 is 13.9 Å². The highest BCUT2D eigenvalue weighted by Gasteiger charge is 2.19. The highest BCUT2D eigenvalue weighted by Crippen LogP contribution is 2.30. The van der Waals surface area contributed by atoms with Gasteiger partial charge in [-0.3, -0.25) is 4.90 Å². The number of halogens is 2. The standard InChI is InChI=1S/C26H30F2N8O/c1-16(2)36-17(3)31-25-20(27)12-18(13-22(25)36)24-21(28)15-30-26(33-24)32-23-5-4-19(14-29-23)35-8-6-34(7-9-35)10-11-37/h4-5,12-16,37H,6-11H2,1-3H3,(H,29,30,32,33). The van der Waals surface area contributed by atoms with Gasteiger partial charge in [0.05, 0.1) is 30.2 Å². The van der Waals surface area contributed by atoms with Crippen LogP contribution in [0, 0.1) is 18.6 Å². The van der Waals surface area contributed by atoms with Crippen LogP contribution in [0.15, 0.2) is 36.7 Å². The molecule has 0 saturated carbocycles. The average Bonchev–Trinajstić information content (AvgIpc) is 3.23. The number of nitrogens with one attached hydrogen (secondary N) is 1. The predicted octanol–water partition coefficient (Wildman–Crippen LogP) is 3.91. The van der Waals surface area contributed by atoms with Crippen LogP contribution in [0.2, 0.25) is 0 Å². The number of rotatable bonds is 7. The first-order valence-corrected chi connectivity index (χ1v) is 12.4. The smallest absolute Gasteiger partial charge is 0.229 e. The van der Waals surface area contributed by atoms with E-state index in [0.29, 0.717) is 29.3 Å². The number of aliphatic hydroxyl groups excluding tert-OH is 1. The lowest BCUT2D eigenvalue weighted by molar-refractivity contribution is 0.189. The molecular formula is C26H30F2N8O. The molecule has 194 valence electrons. The number of anilines is 3. The van der Waals surface area contributed by atoms with Crippen molar-refractivity contribution in [2.75, 3.05) is 49.5 Å². The van der Waals surface area contributed by atoms with Crippen LogP contribution in [0.5, 0.6) is 0 Å². The molecule has 3 aromatic heterocycles. The number of pyridine rings is 1. The molecule has 0 bridgehead atoms. The van der Waals surface area contributed by atoms with E-state index in [-0.39, 0.29) is 29.8 Å². The Morgan fingerprint density at radius 2 is 1.78 bits per heavy atom. The number of aryl methyl sites for hydroxylation is 1. The van der Waals surface area contributed by atoms with Crippen molar-refractivity contribution in [3.05, 3.63) is 54.1 Å². The van der Waals surface area contributed by atoms with Gasteiger partial charge in [-0.05, 0) is 45.0 Å². The number of aliphatic hydroxyl groups is 1. The van der Waals surface area contributed by atoms with Gasteiger partial charge >= 0.3 is 0 Å². The highest BCUT2D eigenvalue weighted by atomic mass is 19.1. The Morgan fingerprint density at radius 1 is 1.00 bits per heavy atom. The molecule has 11 heteroatoms. The van der Waals surface area contributed by atoms with Crippen LogP contribution in [0.1, 0.15) is 25.7 Å². The van der Waals surface area contributed by atoms with E-state index < -0.39 is 11.6 Å². The van der Waals surface area contributed by atoms with Crippen LogP contribution < -0.4 is 10.2 Å². The molecular weight excluding hydrogens is 478 g/mol. The number of imidazole rings is 1. The number of fused-ring (bicyclic) bond motifs is 1. The maximum absolute atomic E-state index is 14.9. The summed E-state index contributed by atoms with van der Waals surface area (Å²) in [4.78, 5) is 21.7. The van der Waals surface area contributed by atoms with Crippen LogP contribution in [0.25, 0.3) is 22.3 Å². The molecule has 4 heterocycles. The topological polar surface area (TPSA) is 95.2 Å². The van der Waals surface area contributed by atoms with E-state index >= 15 is 0 Å². The summed E-state index contributed by atoms with van der Waals surface area (Å²) >= 11 is 0. The van der Waals surface area contributed by atoms with Gasteiger partial charge in [-0.1, -0.05) is 0 Å². The van der Waals surface area contributed by atoms with Crippen molar-refractivity contribution in [1.82, 2.24) is 29.4 Å². The fourth-order valence-electron chi connectivity index (χ4n) is 4.82. The van der Waals surface area contributed by atoms with Gasteiger partial charge in [0.15, 0.2) is 11.6 Å². The Bertz CT molecular complexity index is 1400. The van der Waals surface area contributed by atoms with Crippen LogP contribution in [-0.2, 0) is 0 Å². The first-order valence-electron chi connectivity index (χ1n) is 12.4. The Morgan fingerprint density at radius 3 is 2.46 bits per heavy atom. The molecule has 0 unspecified atom stereocenters. The van der Waals surface area contributed by atoms with Crippen LogP contribution in [0.3, 0.4) is 0 Å². The Hall–Kier alpha value is -3.70. The number of piperazine rings is 1. The largest absolute Gasteiger partial charge is 0.395 e. The molecule has 0 radical (unpaired) electrons. The third kappa shape index (κ3) is 5.09. The van der Waals surface area contributed by atoms with Crippen molar-refractivity contribution >= 4 is 28.5 Å². The number of nitrogens with zero attached hydrogens (tertiary/aromatic N) is 7. The number of benzene rings is 1. The summed E-state index contributed by atoms with van der Waals surface area (Å²) in [5, 5.41) is 12.1. The van der Waals surface area contributed by atoms with Gasteiger partial charge in [0.2, 0.25) is 5.95 Å². The van der Waals surface area contributed by atoms with Crippen LogP contribution in [-0.4, -0.2) is 73.8 Å². The van der Waals surface area contributed by atoms with Gasteiger partial charge in [-0.25, -0.2) is 28.7 Å². The zero-order chi connectivity index (χ0) is 26.1. The van der Waals surface area contributed by atoms with Crippen LogP contribution >= 0.6 is 0 Å². The van der Waals surface area contributed by atoms with Crippen molar-refractivity contribution in [3.8, 4) is 11.3 Å². The van der Waals surface area contributed by atoms with E-state index in [1.807, 2.05) is 37.5 Å². The summed E-state index contributed by atoms with van der Waals surface area (Å²) in [6.07, 6.45) is 2.84. The Kier molecular flexibility index (Phi) is 6.98. The lowest BCUT2D eigenvalue weighted by atomic mass is 10.1. The molecule has 4 aromatic rings. The SMILES string of the molecule is Cc1nc2c(F)cc(-c3nc(Nc4ccc(N5CCN(CCO)CC5)cn4)ncc3F)cc2n1C(C)C. The minimum Gasteiger partial charge on any atom is -0.395 e. The van der Waals surface area contributed by atoms with E-state index in [2.05, 4.69) is 35.1 Å². The lowest BCUT2D eigenvalue weighted by Gasteiger charge is -2.35. The molecule has 5 rings (SSSR count). The van der Waals surface area contributed by atoms with Crippen molar-refractivity contribution in [2.45, 2.75) is 26.8 Å². The molecule has 1 aliphatic heterocycles. The average molecular weight is 509 g/mol. The molecule has 0 spiro atoms. The van der Waals surface area contributed by atoms with Crippen molar-refractivity contribution in [3.63, 3.8) is 0 Å². The van der Waals surface area contributed by atoms with Gasteiger partial charge in [-0.2, -0.15) is 0 Å². The molecule has 0 aliphatic carbocycles. The summed E-state index contributed by atoms with van der Waals surface area (Å²) in [5.74, 6) is 0.170. The normalized spacial score (nSPS) is 14.6. The van der Waals surface area contributed by atoms with Gasteiger partial charge in [0.25, 0.3) is 0 Å². The van der Waals surface area contributed by atoms with E-state index in [0.717, 1.165) is 38.1 Å². The summed E-state index contributed by atoms with van der Waals surface area (Å²) in [6.45, 7) is 10.1. The number of hydrogen-bond acceptors (Lipinski definition) is 8. The monoisotopic (exact) mass is 508 g/mol. The third-order valence-electron chi connectivity index (χ3n) is 6.60. The van der Waals surface area contributed by atoms with Gasteiger partial charge in [0.1, 0.15) is 22.9 Å². The van der Waals surface area contributed by atoms with E-state index in [9.17, 15) is 8.78 Å². The van der Waals surface area contributed by atoms with E-state index in [4.69, 9.17) is 5.11 Å². The second-order valence-electron chi connectivity index (χ2n) is 9.42. The third-order valence-corrected chi connectivity index (χ3v) is 6.60. The molecule has 1 saturated heterocycles. The van der Waals surface area contributed by atoms with Crippen LogP contribution in [0.4, 0.5) is 26.2 Å². The molecule has 1 aromatic carbocycles. The second kappa shape index (κ2) is 10.3. The lowest BCUT2D eigenvalue weighted by Crippen LogP contribution is -2.47. The predicted molar refractivity (Wildman–Crippen MR) is 139 cm³/mol. The zero-order valence-corrected chi connectivity index (χ0v) is 21.1. The second-order valence-corrected chi connectivity index (χ2v) is 9.42. The highest BCUT2D eigenvalue weighted by molar-refractivity contribution is 5.83. The quantitative estimate of drug-likeness (QED) is 0.388. The number of aromatic nitrogens is 5. The molecule has 1 fully saturated rings. The Balaban J connectivity index is 1.37. The first-order chi connectivity index (χ1) is 17.8. The van der Waals surface area contributed by atoms with E-state index in [1.165, 1.54) is 6.07 Å². The molecule has 1 aliphatic rings. The minimum atomic E-state index is -0.653.